The quantitative estimate of drug-likeness (QED) is 0.901. The summed E-state index contributed by atoms with van der Waals surface area (Å²) >= 11 is 0. The minimum atomic E-state index is -3.54. The second-order valence-electron chi connectivity index (χ2n) is 5.24. The normalized spacial score (nSPS) is 24.9. The SMILES string of the molecule is Cc1noc(C)c1S(=O)(=O)N(C)C1CCC(N)CC1. The van der Waals surface area contributed by atoms with E-state index in [4.69, 9.17) is 10.3 Å². The molecule has 7 heteroatoms. The number of nitrogens with two attached hydrogens (primary N) is 1. The molecule has 0 aliphatic heterocycles. The number of aromatic nitrogens is 1. The van der Waals surface area contributed by atoms with Crippen LogP contribution in [0.3, 0.4) is 0 Å². The minimum absolute atomic E-state index is 0.0125. The number of sulfonamides is 1. The van der Waals surface area contributed by atoms with Crippen LogP contribution < -0.4 is 5.73 Å². The van der Waals surface area contributed by atoms with Crippen molar-refractivity contribution in [2.45, 2.75) is 56.5 Å². The molecule has 6 nitrogen and oxygen atoms in total. The van der Waals surface area contributed by atoms with Crippen molar-refractivity contribution in [2.75, 3.05) is 7.05 Å². The van der Waals surface area contributed by atoms with Gasteiger partial charge in [0.05, 0.1) is 0 Å². The highest BCUT2D eigenvalue weighted by Gasteiger charge is 2.34. The third-order valence-electron chi connectivity index (χ3n) is 3.86. The Balaban J connectivity index is 2.25. The van der Waals surface area contributed by atoms with Gasteiger partial charge >= 0.3 is 0 Å². The summed E-state index contributed by atoms with van der Waals surface area (Å²) in [5, 5.41) is 3.72. The van der Waals surface area contributed by atoms with Crippen LogP contribution >= 0.6 is 0 Å². The van der Waals surface area contributed by atoms with Crippen LogP contribution in [0.4, 0.5) is 0 Å². The fraction of sp³-hybridized carbons (Fsp3) is 0.750. The van der Waals surface area contributed by atoms with Crippen molar-refractivity contribution in [1.82, 2.24) is 9.46 Å². The molecule has 108 valence electrons. The third-order valence-corrected chi connectivity index (χ3v) is 6.02. The highest BCUT2D eigenvalue weighted by Crippen LogP contribution is 2.28. The van der Waals surface area contributed by atoms with Crippen molar-refractivity contribution in [3.63, 3.8) is 0 Å². The van der Waals surface area contributed by atoms with Gasteiger partial charge in [-0.05, 0) is 39.5 Å². The molecule has 0 saturated heterocycles. The molecule has 2 N–H and O–H groups in total. The van der Waals surface area contributed by atoms with Crippen molar-refractivity contribution in [2.24, 2.45) is 5.73 Å². The Labute approximate surface area is 114 Å². The van der Waals surface area contributed by atoms with Crippen LogP contribution in [0.5, 0.6) is 0 Å². The van der Waals surface area contributed by atoms with Gasteiger partial charge in [0.1, 0.15) is 10.6 Å². The molecule has 1 heterocycles. The number of hydrogen-bond acceptors (Lipinski definition) is 5. The minimum Gasteiger partial charge on any atom is -0.360 e. The van der Waals surface area contributed by atoms with Crippen molar-refractivity contribution in [3.05, 3.63) is 11.5 Å². The zero-order valence-corrected chi connectivity index (χ0v) is 12.4. The molecular formula is C12H21N3O3S. The molecule has 0 atom stereocenters. The Morgan fingerprint density at radius 2 is 1.84 bits per heavy atom. The summed E-state index contributed by atoms with van der Waals surface area (Å²) in [7, 11) is -1.91. The topological polar surface area (TPSA) is 89.4 Å². The van der Waals surface area contributed by atoms with Gasteiger partial charge in [0.25, 0.3) is 0 Å². The average Bonchev–Trinajstić information content (AvgIpc) is 2.69. The van der Waals surface area contributed by atoms with E-state index in [9.17, 15) is 8.42 Å². The van der Waals surface area contributed by atoms with Crippen LogP contribution in [0.2, 0.25) is 0 Å². The van der Waals surface area contributed by atoms with E-state index in [0.29, 0.717) is 11.5 Å². The summed E-state index contributed by atoms with van der Waals surface area (Å²) in [5.74, 6) is 0.344. The molecule has 0 spiro atoms. The van der Waals surface area contributed by atoms with Gasteiger partial charge in [0.2, 0.25) is 10.0 Å². The van der Waals surface area contributed by atoms with E-state index in [0.717, 1.165) is 25.7 Å². The van der Waals surface area contributed by atoms with Crippen LogP contribution in [0.15, 0.2) is 9.42 Å². The zero-order valence-electron chi connectivity index (χ0n) is 11.6. The molecule has 1 aromatic heterocycles. The van der Waals surface area contributed by atoms with E-state index in [1.54, 1.807) is 20.9 Å². The Morgan fingerprint density at radius 1 is 1.26 bits per heavy atom. The molecule has 2 rings (SSSR count). The smallest absolute Gasteiger partial charge is 0.248 e. The van der Waals surface area contributed by atoms with Gasteiger partial charge in [-0.15, -0.1) is 0 Å². The van der Waals surface area contributed by atoms with Gasteiger partial charge in [0, 0.05) is 19.1 Å². The van der Waals surface area contributed by atoms with Crippen LogP contribution in [0.1, 0.15) is 37.1 Å². The molecular weight excluding hydrogens is 266 g/mol. The molecule has 1 aliphatic carbocycles. The molecule has 0 bridgehead atoms. The van der Waals surface area contributed by atoms with Gasteiger partial charge in [0.15, 0.2) is 5.76 Å². The van der Waals surface area contributed by atoms with E-state index < -0.39 is 10.0 Å². The van der Waals surface area contributed by atoms with Gasteiger partial charge in [-0.3, -0.25) is 0 Å². The summed E-state index contributed by atoms with van der Waals surface area (Å²) < 4.78 is 31.6. The Kier molecular flexibility index (Phi) is 3.98. The maximum Gasteiger partial charge on any atom is 0.248 e. The average molecular weight is 287 g/mol. The number of rotatable bonds is 3. The van der Waals surface area contributed by atoms with Crippen molar-refractivity contribution in [1.29, 1.82) is 0 Å². The summed E-state index contributed by atoms with van der Waals surface area (Å²) in [6, 6.07) is 0.213. The van der Waals surface area contributed by atoms with Gasteiger partial charge in [-0.1, -0.05) is 5.16 Å². The lowest BCUT2D eigenvalue weighted by Crippen LogP contribution is -2.42. The van der Waals surface area contributed by atoms with Gasteiger partial charge in [-0.2, -0.15) is 4.31 Å². The molecule has 0 amide bonds. The lowest BCUT2D eigenvalue weighted by atomic mass is 9.92. The molecule has 19 heavy (non-hydrogen) atoms. The van der Waals surface area contributed by atoms with Crippen molar-refractivity contribution in [3.8, 4) is 0 Å². The molecule has 1 aliphatic rings. The first-order valence-corrected chi connectivity index (χ1v) is 7.94. The third kappa shape index (κ3) is 2.68. The molecule has 1 fully saturated rings. The predicted octanol–water partition coefficient (Wildman–Crippen LogP) is 1.18. The van der Waals surface area contributed by atoms with E-state index in [-0.39, 0.29) is 17.0 Å². The first-order valence-electron chi connectivity index (χ1n) is 6.50. The van der Waals surface area contributed by atoms with E-state index >= 15 is 0 Å². The summed E-state index contributed by atoms with van der Waals surface area (Å²) in [4.78, 5) is 0.199. The highest BCUT2D eigenvalue weighted by atomic mass is 32.2. The lowest BCUT2D eigenvalue weighted by molar-refractivity contribution is 0.268. The second-order valence-corrected chi connectivity index (χ2v) is 7.18. The fourth-order valence-electron chi connectivity index (χ4n) is 2.65. The van der Waals surface area contributed by atoms with Gasteiger partial charge in [-0.25, -0.2) is 8.42 Å². The number of aryl methyl sites for hydroxylation is 2. The Bertz CT molecular complexity index is 525. The summed E-state index contributed by atoms with van der Waals surface area (Å²) in [6.07, 6.45) is 3.35. The Morgan fingerprint density at radius 3 is 2.32 bits per heavy atom. The molecule has 0 aromatic carbocycles. The molecule has 0 radical (unpaired) electrons. The first kappa shape index (κ1) is 14.5. The van der Waals surface area contributed by atoms with Crippen LogP contribution in [-0.2, 0) is 10.0 Å². The summed E-state index contributed by atoms with van der Waals surface area (Å²) in [5.41, 5.74) is 6.27. The Hall–Kier alpha value is -0.920. The van der Waals surface area contributed by atoms with E-state index in [1.165, 1.54) is 4.31 Å². The van der Waals surface area contributed by atoms with Gasteiger partial charge < -0.3 is 10.3 Å². The lowest BCUT2D eigenvalue weighted by Gasteiger charge is -2.32. The second kappa shape index (κ2) is 5.22. The fourth-order valence-corrected chi connectivity index (χ4v) is 4.35. The van der Waals surface area contributed by atoms with Crippen molar-refractivity contribution < 1.29 is 12.9 Å². The first-order chi connectivity index (χ1) is 8.84. The standard InChI is InChI=1S/C12H21N3O3S/c1-8-12(9(2)18-14-8)19(16,17)15(3)11-6-4-10(13)5-7-11/h10-11H,4-7,13H2,1-3H3. The highest BCUT2D eigenvalue weighted by molar-refractivity contribution is 7.89. The van der Waals surface area contributed by atoms with E-state index in [2.05, 4.69) is 5.16 Å². The zero-order chi connectivity index (χ0) is 14.2. The monoisotopic (exact) mass is 287 g/mol. The van der Waals surface area contributed by atoms with E-state index in [1.807, 2.05) is 0 Å². The number of nitrogens with zero attached hydrogens (tertiary/aromatic N) is 2. The maximum atomic E-state index is 12.6. The maximum absolute atomic E-state index is 12.6. The van der Waals surface area contributed by atoms with Crippen LogP contribution in [-0.4, -0.2) is 37.0 Å². The van der Waals surface area contributed by atoms with Crippen LogP contribution in [0, 0.1) is 13.8 Å². The molecule has 1 aromatic rings. The molecule has 0 unspecified atom stereocenters. The van der Waals surface area contributed by atoms with Crippen molar-refractivity contribution >= 4 is 10.0 Å². The summed E-state index contributed by atoms with van der Waals surface area (Å²) in [6.45, 7) is 3.27. The molecule has 1 saturated carbocycles. The number of hydrogen-bond donors (Lipinski definition) is 1. The van der Waals surface area contributed by atoms with Crippen LogP contribution in [0.25, 0.3) is 0 Å². The predicted molar refractivity (Wildman–Crippen MR) is 71.2 cm³/mol. The largest absolute Gasteiger partial charge is 0.360 e.